The van der Waals surface area contributed by atoms with Gasteiger partial charge in [-0.05, 0) is 6.42 Å². The fraction of sp³-hybridized carbons (Fsp3) is 0.667. The predicted octanol–water partition coefficient (Wildman–Crippen LogP) is 0.544. The van der Waals surface area contributed by atoms with Gasteiger partial charge in [-0.1, -0.05) is 0 Å². The second kappa shape index (κ2) is 8.79. The number of nitrogen functional groups attached to an aromatic ring is 1. The largest absolute Gasteiger partial charge is 0.385 e. The van der Waals surface area contributed by atoms with Gasteiger partial charge in [-0.15, -0.1) is 0 Å². The van der Waals surface area contributed by atoms with Gasteiger partial charge < -0.3 is 15.2 Å². The number of hydrogen-bond acceptors (Lipinski definition) is 6. The first-order chi connectivity index (χ1) is 8.76. The molecule has 18 heavy (non-hydrogen) atoms. The van der Waals surface area contributed by atoms with Crippen molar-refractivity contribution >= 4 is 5.82 Å². The van der Waals surface area contributed by atoms with Crippen LogP contribution in [-0.4, -0.2) is 55.4 Å². The van der Waals surface area contributed by atoms with Crippen molar-refractivity contribution in [2.45, 2.75) is 13.0 Å². The van der Waals surface area contributed by atoms with Crippen molar-refractivity contribution in [3.05, 3.63) is 18.1 Å². The molecular weight excluding hydrogens is 232 g/mol. The Hall–Kier alpha value is -1.24. The van der Waals surface area contributed by atoms with Crippen LogP contribution in [0.4, 0.5) is 5.82 Å². The molecule has 6 nitrogen and oxygen atoms in total. The van der Waals surface area contributed by atoms with Gasteiger partial charge in [0, 0.05) is 40.5 Å². The fourth-order valence-corrected chi connectivity index (χ4v) is 1.60. The molecule has 1 aromatic rings. The van der Waals surface area contributed by atoms with Crippen molar-refractivity contribution in [2.24, 2.45) is 0 Å². The van der Waals surface area contributed by atoms with Crippen molar-refractivity contribution in [3.8, 4) is 0 Å². The Morgan fingerprint density at radius 2 is 1.89 bits per heavy atom. The standard InChI is InChI=1S/C12H22N4O2/c1-17-6-3-4-16(5-7-18-2)10-11-8-15-12(13)9-14-11/h8-9H,3-7,10H2,1-2H3,(H2,13,15). The van der Waals surface area contributed by atoms with Gasteiger partial charge in [-0.2, -0.15) is 0 Å². The molecule has 1 heterocycles. The number of nitrogens with two attached hydrogens (primary N) is 1. The van der Waals surface area contributed by atoms with Crippen LogP contribution in [0.1, 0.15) is 12.1 Å². The Balaban J connectivity index is 2.45. The van der Waals surface area contributed by atoms with Crippen LogP contribution < -0.4 is 5.73 Å². The summed E-state index contributed by atoms with van der Waals surface area (Å²) in [5.41, 5.74) is 6.43. The van der Waals surface area contributed by atoms with Gasteiger partial charge in [0.2, 0.25) is 0 Å². The van der Waals surface area contributed by atoms with Crippen molar-refractivity contribution in [1.82, 2.24) is 14.9 Å². The van der Waals surface area contributed by atoms with Crippen LogP contribution in [-0.2, 0) is 16.0 Å². The summed E-state index contributed by atoms with van der Waals surface area (Å²) in [5.74, 6) is 0.446. The van der Waals surface area contributed by atoms with Crippen LogP contribution in [0.3, 0.4) is 0 Å². The van der Waals surface area contributed by atoms with E-state index in [0.29, 0.717) is 12.4 Å². The molecule has 2 N–H and O–H groups in total. The second-order valence-electron chi connectivity index (χ2n) is 4.05. The van der Waals surface area contributed by atoms with Crippen LogP contribution in [0.2, 0.25) is 0 Å². The Bertz CT molecular complexity index is 318. The van der Waals surface area contributed by atoms with E-state index in [-0.39, 0.29) is 0 Å². The van der Waals surface area contributed by atoms with Crippen molar-refractivity contribution in [1.29, 1.82) is 0 Å². The third-order valence-corrected chi connectivity index (χ3v) is 2.55. The highest BCUT2D eigenvalue weighted by Crippen LogP contribution is 2.03. The Morgan fingerprint density at radius 3 is 2.50 bits per heavy atom. The van der Waals surface area contributed by atoms with E-state index >= 15 is 0 Å². The van der Waals surface area contributed by atoms with Crippen LogP contribution in [0, 0.1) is 0 Å². The molecule has 0 aromatic carbocycles. The molecule has 1 aromatic heterocycles. The van der Waals surface area contributed by atoms with Gasteiger partial charge in [-0.3, -0.25) is 9.88 Å². The molecule has 0 amide bonds. The van der Waals surface area contributed by atoms with E-state index in [1.807, 2.05) is 0 Å². The van der Waals surface area contributed by atoms with E-state index in [1.165, 1.54) is 0 Å². The molecule has 0 atom stereocenters. The highest BCUT2D eigenvalue weighted by Gasteiger charge is 2.07. The number of methoxy groups -OCH3 is 2. The van der Waals surface area contributed by atoms with E-state index in [4.69, 9.17) is 15.2 Å². The summed E-state index contributed by atoms with van der Waals surface area (Å²) in [5, 5.41) is 0. The Labute approximate surface area is 108 Å². The molecule has 0 fully saturated rings. The van der Waals surface area contributed by atoms with E-state index in [0.717, 1.165) is 38.4 Å². The SMILES string of the molecule is COCCCN(CCOC)Cc1cnc(N)cn1. The average molecular weight is 254 g/mol. The third kappa shape index (κ3) is 5.90. The topological polar surface area (TPSA) is 73.5 Å². The van der Waals surface area contributed by atoms with Crippen molar-refractivity contribution < 1.29 is 9.47 Å². The van der Waals surface area contributed by atoms with Gasteiger partial charge in [0.15, 0.2) is 0 Å². The molecule has 1 rings (SSSR count). The zero-order valence-electron chi connectivity index (χ0n) is 11.1. The summed E-state index contributed by atoms with van der Waals surface area (Å²) in [7, 11) is 3.42. The maximum atomic E-state index is 5.51. The minimum absolute atomic E-state index is 0.446. The minimum Gasteiger partial charge on any atom is -0.385 e. The molecule has 0 bridgehead atoms. The smallest absolute Gasteiger partial charge is 0.141 e. The summed E-state index contributed by atoms with van der Waals surface area (Å²) < 4.78 is 10.2. The maximum absolute atomic E-state index is 5.51. The molecule has 0 spiro atoms. The monoisotopic (exact) mass is 254 g/mol. The lowest BCUT2D eigenvalue weighted by molar-refractivity contribution is 0.128. The number of hydrogen-bond donors (Lipinski definition) is 1. The molecule has 0 aliphatic rings. The quantitative estimate of drug-likeness (QED) is 0.649. The molecule has 0 unspecified atom stereocenters. The number of rotatable bonds is 9. The van der Waals surface area contributed by atoms with E-state index in [2.05, 4.69) is 14.9 Å². The van der Waals surface area contributed by atoms with E-state index in [9.17, 15) is 0 Å². The first kappa shape index (κ1) is 14.8. The lowest BCUT2D eigenvalue weighted by Crippen LogP contribution is -2.29. The first-order valence-corrected chi connectivity index (χ1v) is 6.03. The highest BCUT2D eigenvalue weighted by atomic mass is 16.5. The molecule has 0 saturated carbocycles. The molecule has 0 radical (unpaired) electrons. The average Bonchev–Trinajstić information content (AvgIpc) is 2.38. The number of nitrogens with zero attached hydrogens (tertiary/aromatic N) is 3. The van der Waals surface area contributed by atoms with Gasteiger partial charge in [0.05, 0.1) is 24.7 Å². The molecule has 0 saturated heterocycles. The molecule has 102 valence electrons. The third-order valence-electron chi connectivity index (χ3n) is 2.55. The summed E-state index contributed by atoms with van der Waals surface area (Å²) >= 11 is 0. The second-order valence-corrected chi connectivity index (χ2v) is 4.05. The van der Waals surface area contributed by atoms with Gasteiger partial charge in [0.1, 0.15) is 5.82 Å². The molecule has 0 aliphatic heterocycles. The predicted molar refractivity (Wildman–Crippen MR) is 70.1 cm³/mol. The molecule has 0 aliphatic carbocycles. The highest BCUT2D eigenvalue weighted by molar-refractivity contribution is 5.22. The number of ether oxygens (including phenoxy) is 2. The maximum Gasteiger partial charge on any atom is 0.141 e. The molecular formula is C12H22N4O2. The molecule has 6 heteroatoms. The van der Waals surface area contributed by atoms with Crippen molar-refractivity contribution in [3.63, 3.8) is 0 Å². The van der Waals surface area contributed by atoms with E-state index < -0.39 is 0 Å². The number of aromatic nitrogens is 2. The lowest BCUT2D eigenvalue weighted by Gasteiger charge is -2.21. The Morgan fingerprint density at radius 1 is 1.11 bits per heavy atom. The lowest BCUT2D eigenvalue weighted by atomic mass is 10.3. The fourth-order valence-electron chi connectivity index (χ4n) is 1.60. The first-order valence-electron chi connectivity index (χ1n) is 6.03. The van der Waals surface area contributed by atoms with Gasteiger partial charge >= 0.3 is 0 Å². The summed E-state index contributed by atoms with van der Waals surface area (Å²) in [6, 6.07) is 0. The van der Waals surface area contributed by atoms with Crippen molar-refractivity contribution in [2.75, 3.05) is 46.3 Å². The van der Waals surface area contributed by atoms with Gasteiger partial charge in [-0.25, -0.2) is 4.98 Å². The van der Waals surface area contributed by atoms with Crippen LogP contribution in [0.25, 0.3) is 0 Å². The van der Waals surface area contributed by atoms with Crippen LogP contribution >= 0.6 is 0 Å². The summed E-state index contributed by atoms with van der Waals surface area (Å²) in [4.78, 5) is 10.6. The minimum atomic E-state index is 0.446. The normalized spacial score (nSPS) is 11.1. The zero-order valence-corrected chi connectivity index (χ0v) is 11.1. The zero-order chi connectivity index (χ0) is 13.2. The van der Waals surface area contributed by atoms with Gasteiger partial charge in [0.25, 0.3) is 0 Å². The summed E-state index contributed by atoms with van der Waals surface area (Å²) in [6.45, 7) is 4.03. The van der Waals surface area contributed by atoms with Crippen LogP contribution in [0.15, 0.2) is 12.4 Å². The van der Waals surface area contributed by atoms with E-state index in [1.54, 1.807) is 26.6 Å². The summed E-state index contributed by atoms with van der Waals surface area (Å²) in [6.07, 6.45) is 4.28. The Kier molecular flexibility index (Phi) is 7.24. The number of anilines is 1. The van der Waals surface area contributed by atoms with Crippen LogP contribution in [0.5, 0.6) is 0 Å².